The summed E-state index contributed by atoms with van der Waals surface area (Å²) in [7, 11) is 0. The van der Waals surface area contributed by atoms with Gasteiger partial charge in [0, 0.05) is 25.7 Å². The highest BCUT2D eigenvalue weighted by molar-refractivity contribution is 4.80. The monoisotopic (exact) mass is 212 g/mol. The van der Waals surface area contributed by atoms with Crippen molar-refractivity contribution < 1.29 is 0 Å². The molecule has 1 rings (SSSR count). The molecule has 0 spiro atoms. The van der Waals surface area contributed by atoms with Gasteiger partial charge in [0.05, 0.1) is 0 Å². The molecule has 0 aromatic heterocycles. The Labute approximate surface area is 95.4 Å². The van der Waals surface area contributed by atoms with Crippen LogP contribution >= 0.6 is 0 Å². The number of nitrogens with one attached hydrogen (secondary N) is 1. The molecule has 0 aliphatic carbocycles. The average Bonchev–Trinajstić information content (AvgIpc) is 2.30. The molecule has 90 valence electrons. The van der Waals surface area contributed by atoms with Crippen LogP contribution in [0.25, 0.3) is 0 Å². The van der Waals surface area contributed by atoms with Crippen LogP contribution in [-0.2, 0) is 0 Å². The molecular weight excluding hydrogens is 184 g/mol. The summed E-state index contributed by atoms with van der Waals surface area (Å²) in [6.07, 6.45) is 1.29. The standard InChI is InChI=1S/C13H28N2/c1-11(2)13(4,5)10-15-8-6-12(3)14-7-9-15/h11-12,14H,6-10H2,1-5H3. The Balaban J connectivity index is 2.44. The number of nitrogens with zero attached hydrogens (tertiary/aromatic N) is 1. The van der Waals surface area contributed by atoms with Crippen molar-refractivity contribution in [2.75, 3.05) is 26.2 Å². The van der Waals surface area contributed by atoms with E-state index >= 15 is 0 Å². The fourth-order valence-electron chi connectivity index (χ4n) is 1.98. The summed E-state index contributed by atoms with van der Waals surface area (Å²) in [5.74, 6) is 0.756. The van der Waals surface area contributed by atoms with Gasteiger partial charge in [-0.05, 0) is 31.2 Å². The second kappa shape index (κ2) is 5.31. The van der Waals surface area contributed by atoms with Gasteiger partial charge in [0.25, 0.3) is 0 Å². The van der Waals surface area contributed by atoms with E-state index < -0.39 is 0 Å². The summed E-state index contributed by atoms with van der Waals surface area (Å²) in [6.45, 7) is 16.6. The zero-order chi connectivity index (χ0) is 11.5. The first-order chi connectivity index (χ1) is 6.92. The van der Waals surface area contributed by atoms with Gasteiger partial charge in [-0.1, -0.05) is 27.7 Å². The van der Waals surface area contributed by atoms with Crippen LogP contribution in [0.4, 0.5) is 0 Å². The van der Waals surface area contributed by atoms with Gasteiger partial charge >= 0.3 is 0 Å². The van der Waals surface area contributed by atoms with E-state index in [1.807, 2.05) is 0 Å². The van der Waals surface area contributed by atoms with Crippen LogP contribution in [0.2, 0.25) is 0 Å². The molecule has 0 amide bonds. The van der Waals surface area contributed by atoms with Gasteiger partial charge < -0.3 is 10.2 Å². The Morgan fingerprint density at radius 1 is 1.33 bits per heavy atom. The van der Waals surface area contributed by atoms with Gasteiger partial charge in [-0.3, -0.25) is 0 Å². The van der Waals surface area contributed by atoms with Crippen LogP contribution in [-0.4, -0.2) is 37.1 Å². The van der Waals surface area contributed by atoms with E-state index in [9.17, 15) is 0 Å². The minimum absolute atomic E-state index is 0.438. The number of hydrogen-bond donors (Lipinski definition) is 1. The molecule has 1 fully saturated rings. The molecule has 0 radical (unpaired) electrons. The highest BCUT2D eigenvalue weighted by Gasteiger charge is 2.26. The first-order valence-electron chi connectivity index (χ1n) is 6.37. The van der Waals surface area contributed by atoms with Crippen LogP contribution < -0.4 is 5.32 Å². The maximum Gasteiger partial charge on any atom is 0.0107 e. The van der Waals surface area contributed by atoms with Gasteiger partial charge in [0.2, 0.25) is 0 Å². The topological polar surface area (TPSA) is 15.3 Å². The lowest BCUT2D eigenvalue weighted by Crippen LogP contribution is -2.39. The summed E-state index contributed by atoms with van der Waals surface area (Å²) >= 11 is 0. The quantitative estimate of drug-likeness (QED) is 0.772. The van der Waals surface area contributed by atoms with Crippen molar-refractivity contribution >= 4 is 0 Å². The average molecular weight is 212 g/mol. The van der Waals surface area contributed by atoms with Crippen LogP contribution in [0.5, 0.6) is 0 Å². The van der Waals surface area contributed by atoms with Crippen molar-refractivity contribution in [3.63, 3.8) is 0 Å². The molecule has 0 aromatic carbocycles. The molecule has 1 heterocycles. The Hall–Kier alpha value is -0.0800. The molecule has 1 aliphatic rings. The van der Waals surface area contributed by atoms with Crippen molar-refractivity contribution in [3.8, 4) is 0 Å². The third-order valence-electron chi connectivity index (χ3n) is 3.99. The predicted octanol–water partition coefficient (Wildman–Crippen LogP) is 2.35. The lowest BCUT2D eigenvalue weighted by atomic mass is 9.80. The first-order valence-corrected chi connectivity index (χ1v) is 6.37. The fourth-order valence-corrected chi connectivity index (χ4v) is 1.98. The Kier molecular flexibility index (Phi) is 4.60. The van der Waals surface area contributed by atoms with Crippen molar-refractivity contribution in [2.45, 2.75) is 47.1 Å². The summed E-state index contributed by atoms with van der Waals surface area (Å²) in [5.41, 5.74) is 0.438. The fraction of sp³-hybridized carbons (Fsp3) is 1.00. The minimum Gasteiger partial charge on any atom is -0.313 e. The third kappa shape index (κ3) is 4.12. The zero-order valence-electron chi connectivity index (χ0n) is 11.1. The van der Waals surface area contributed by atoms with E-state index in [0.29, 0.717) is 11.5 Å². The van der Waals surface area contributed by atoms with Crippen molar-refractivity contribution in [1.82, 2.24) is 10.2 Å². The van der Waals surface area contributed by atoms with E-state index in [-0.39, 0.29) is 0 Å². The van der Waals surface area contributed by atoms with E-state index in [1.165, 1.54) is 26.1 Å². The van der Waals surface area contributed by atoms with Crippen LogP contribution in [0.3, 0.4) is 0 Å². The SMILES string of the molecule is CC1CCN(CC(C)(C)C(C)C)CCN1. The molecular formula is C13H28N2. The molecule has 1 N–H and O–H groups in total. The van der Waals surface area contributed by atoms with Gasteiger partial charge in [-0.2, -0.15) is 0 Å². The largest absolute Gasteiger partial charge is 0.313 e. The zero-order valence-corrected chi connectivity index (χ0v) is 11.1. The minimum atomic E-state index is 0.438. The second-order valence-corrected chi connectivity index (χ2v) is 6.06. The lowest BCUT2D eigenvalue weighted by Gasteiger charge is -2.35. The third-order valence-corrected chi connectivity index (χ3v) is 3.99. The van der Waals surface area contributed by atoms with Crippen molar-refractivity contribution in [1.29, 1.82) is 0 Å². The van der Waals surface area contributed by atoms with E-state index in [4.69, 9.17) is 0 Å². The molecule has 1 unspecified atom stereocenters. The maximum atomic E-state index is 3.55. The highest BCUT2D eigenvalue weighted by Crippen LogP contribution is 2.27. The highest BCUT2D eigenvalue weighted by atomic mass is 15.2. The molecule has 1 atom stereocenters. The number of rotatable bonds is 3. The molecule has 2 heteroatoms. The van der Waals surface area contributed by atoms with Crippen molar-refractivity contribution in [3.05, 3.63) is 0 Å². The summed E-state index contributed by atoms with van der Waals surface area (Å²) in [5, 5.41) is 3.55. The normalized spacial score (nSPS) is 25.6. The summed E-state index contributed by atoms with van der Waals surface area (Å²) < 4.78 is 0. The van der Waals surface area contributed by atoms with Gasteiger partial charge in [0.15, 0.2) is 0 Å². The molecule has 0 aromatic rings. The Morgan fingerprint density at radius 2 is 2.00 bits per heavy atom. The maximum absolute atomic E-state index is 3.55. The van der Waals surface area contributed by atoms with Crippen LogP contribution in [0.1, 0.15) is 41.0 Å². The molecule has 15 heavy (non-hydrogen) atoms. The smallest absolute Gasteiger partial charge is 0.0107 e. The molecule has 1 saturated heterocycles. The van der Waals surface area contributed by atoms with Gasteiger partial charge in [0.1, 0.15) is 0 Å². The Bertz CT molecular complexity index is 187. The summed E-state index contributed by atoms with van der Waals surface area (Å²) in [4.78, 5) is 2.62. The van der Waals surface area contributed by atoms with Crippen LogP contribution in [0.15, 0.2) is 0 Å². The van der Waals surface area contributed by atoms with E-state index in [1.54, 1.807) is 0 Å². The predicted molar refractivity (Wildman–Crippen MR) is 67.1 cm³/mol. The van der Waals surface area contributed by atoms with Crippen molar-refractivity contribution in [2.24, 2.45) is 11.3 Å². The van der Waals surface area contributed by atoms with Gasteiger partial charge in [-0.25, -0.2) is 0 Å². The van der Waals surface area contributed by atoms with Gasteiger partial charge in [-0.15, -0.1) is 0 Å². The molecule has 2 nitrogen and oxygen atoms in total. The Morgan fingerprint density at radius 3 is 2.60 bits per heavy atom. The summed E-state index contributed by atoms with van der Waals surface area (Å²) in [6, 6.07) is 0.692. The van der Waals surface area contributed by atoms with Crippen LogP contribution in [0, 0.1) is 11.3 Å². The first kappa shape index (κ1) is 13.0. The molecule has 0 bridgehead atoms. The lowest BCUT2D eigenvalue weighted by molar-refractivity contribution is 0.140. The van der Waals surface area contributed by atoms with E-state index in [0.717, 1.165) is 12.5 Å². The second-order valence-electron chi connectivity index (χ2n) is 6.06. The molecule has 0 saturated carbocycles. The number of hydrogen-bond acceptors (Lipinski definition) is 2. The molecule has 1 aliphatic heterocycles. The van der Waals surface area contributed by atoms with E-state index in [2.05, 4.69) is 44.8 Å².